The predicted molar refractivity (Wildman–Crippen MR) is 119 cm³/mol. The van der Waals surface area contributed by atoms with Gasteiger partial charge in [0.15, 0.2) is 5.82 Å². The van der Waals surface area contributed by atoms with Crippen LogP contribution in [0.25, 0.3) is 32.9 Å². The van der Waals surface area contributed by atoms with Gasteiger partial charge in [0.25, 0.3) is 0 Å². The van der Waals surface area contributed by atoms with Gasteiger partial charge in [0.05, 0.1) is 12.5 Å². The Balaban J connectivity index is 1.82. The van der Waals surface area contributed by atoms with Crippen LogP contribution in [0.5, 0.6) is 11.8 Å². The zero-order valence-corrected chi connectivity index (χ0v) is 17.8. The fourth-order valence-corrected chi connectivity index (χ4v) is 4.50. The van der Waals surface area contributed by atoms with Crippen LogP contribution in [-0.2, 0) is 6.42 Å². The van der Waals surface area contributed by atoms with Gasteiger partial charge in [-0.1, -0.05) is 13.0 Å². The number of anilines is 1. The zero-order chi connectivity index (χ0) is 22.4. The van der Waals surface area contributed by atoms with E-state index < -0.39 is 5.82 Å². The lowest BCUT2D eigenvalue weighted by Gasteiger charge is -2.19. The average molecular weight is 436 g/mol. The number of fused-ring (bicyclic) bond motifs is 2. The molecule has 5 rings (SSSR count). The molecule has 1 aliphatic rings. The lowest BCUT2D eigenvalue weighted by atomic mass is 9.94. The van der Waals surface area contributed by atoms with E-state index in [9.17, 15) is 9.50 Å². The van der Waals surface area contributed by atoms with Gasteiger partial charge in [-0.05, 0) is 53.8 Å². The number of methoxy groups -OCH3 is 1. The number of phenolic OH excluding ortho intramolecular Hbond substituents is 1. The molecule has 0 amide bonds. The molecule has 164 valence electrons. The average Bonchev–Trinajstić information content (AvgIpc) is 3.33. The normalized spacial score (nSPS) is 13.9. The third kappa shape index (κ3) is 3.18. The number of aromatic hydroxyl groups is 1. The summed E-state index contributed by atoms with van der Waals surface area (Å²) >= 11 is 0. The summed E-state index contributed by atoms with van der Waals surface area (Å²) in [6.45, 7) is 3.46. The third-order valence-corrected chi connectivity index (χ3v) is 5.99. The number of benzene rings is 2. The molecule has 8 heteroatoms. The number of ether oxygens (including phenoxy) is 1. The summed E-state index contributed by atoms with van der Waals surface area (Å²) in [6.07, 6.45) is 4.01. The van der Waals surface area contributed by atoms with Crippen LogP contribution in [-0.4, -0.2) is 40.3 Å². The van der Waals surface area contributed by atoms with Crippen LogP contribution in [0.2, 0.25) is 0 Å². The van der Waals surface area contributed by atoms with Crippen molar-refractivity contribution < 1.29 is 18.6 Å². The van der Waals surface area contributed by atoms with Crippen LogP contribution >= 0.6 is 0 Å². The number of halogens is 2. The van der Waals surface area contributed by atoms with E-state index in [4.69, 9.17) is 4.74 Å². The topological polar surface area (TPSA) is 71.4 Å². The van der Waals surface area contributed by atoms with Crippen LogP contribution < -0.4 is 9.64 Å². The Hall–Kier alpha value is -3.55. The first kappa shape index (κ1) is 20.4. The Bertz CT molecular complexity index is 1350. The highest BCUT2D eigenvalue weighted by Crippen LogP contribution is 2.39. The van der Waals surface area contributed by atoms with Crippen molar-refractivity contribution in [1.29, 1.82) is 0 Å². The van der Waals surface area contributed by atoms with E-state index in [1.54, 1.807) is 12.3 Å². The molecule has 0 aliphatic carbocycles. The summed E-state index contributed by atoms with van der Waals surface area (Å²) in [4.78, 5) is 15.2. The summed E-state index contributed by atoms with van der Waals surface area (Å²) in [5, 5.41) is 11.9. The molecule has 0 spiro atoms. The van der Waals surface area contributed by atoms with Crippen molar-refractivity contribution in [2.45, 2.75) is 26.2 Å². The summed E-state index contributed by atoms with van der Waals surface area (Å²) in [6, 6.07) is 5.94. The SMILES string of the molecule is CCc1c(F)ccc2cc(O)cc(-c3ncc4c(N5CCCC5)nc(OC)nc4c3F)c12. The monoisotopic (exact) mass is 436 g/mol. The van der Waals surface area contributed by atoms with Crippen molar-refractivity contribution in [3.8, 4) is 23.0 Å². The van der Waals surface area contributed by atoms with Gasteiger partial charge < -0.3 is 14.7 Å². The Labute approximate surface area is 183 Å². The molecule has 4 aromatic rings. The molecule has 6 nitrogen and oxygen atoms in total. The molecular weight excluding hydrogens is 414 g/mol. The fourth-order valence-electron chi connectivity index (χ4n) is 4.50. The van der Waals surface area contributed by atoms with Crippen LogP contribution in [0.15, 0.2) is 30.5 Å². The second kappa shape index (κ2) is 7.85. The van der Waals surface area contributed by atoms with Crippen molar-refractivity contribution in [2.75, 3.05) is 25.1 Å². The first-order chi connectivity index (χ1) is 15.5. The van der Waals surface area contributed by atoms with E-state index in [2.05, 4.69) is 19.9 Å². The summed E-state index contributed by atoms with van der Waals surface area (Å²) in [5.41, 5.74) is 0.828. The molecule has 1 N–H and O–H groups in total. The van der Waals surface area contributed by atoms with Crippen LogP contribution in [0.3, 0.4) is 0 Å². The maximum Gasteiger partial charge on any atom is 0.318 e. The van der Waals surface area contributed by atoms with Gasteiger partial charge in [0.2, 0.25) is 0 Å². The minimum absolute atomic E-state index is 0.00757. The molecule has 0 atom stereocenters. The van der Waals surface area contributed by atoms with Gasteiger partial charge in [0, 0.05) is 24.8 Å². The molecule has 2 aromatic heterocycles. The largest absolute Gasteiger partial charge is 0.508 e. The van der Waals surface area contributed by atoms with Crippen molar-refractivity contribution in [1.82, 2.24) is 15.0 Å². The number of hydrogen-bond donors (Lipinski definition) is 1. The van der Waals surface area contributed by atoms with E-state index in [-0.39, 0.29) is 28.8 Å². The van der Waals surface area contributed by atoms with E-state index in [0.29, 0.717) is 39.5 Å². The van der Waals surface area contributed by atoms with E-state index in [1.807, 2.05) is 6.92 Å². The number of nitrogens with zero attached hydrogens (tertiary/aromatic N) is 4. The first-order valence-electron chi connectivity index (χ1n) is 10.6. The first-order valence-corrected chi connectivity index (χ1v) is 10.6. The molecule has 0 saturated carbocycles. The molecule has 32 heavy (non-hydrogen) atoms. The van der Waals surface area contributed by atoms with E-state index in [1.165, 1.54) is 25.3 Å². The third-order valence-electron chi connectivity index (χ3n) is 5.99. The minimum Gasteiger partial charge on any atom is -0.508 e. The van der Waals surface area contributed by atoms with Crippen molar-refractivity contribution >= 4 is 27.5 Å². The summed E-state index contributed by atoms with van der Waals surface area (Å²) in [5.74, 6) is -0.515. The number of rotatable bonds is 4. The molecule has 3 heterocycles. The lowest BCUT2D eigenvalue weighted by Crippen LogP contribution is -2.20. The molecule has 0 unspecified atom stereocenters. The van der Waals surface area contributed by atoms with E-state index >= 15 is 4.39 Å². The summed E-state index contributed by atoms with van der Waals surface area (Å²) in [7, 11) is 1.44. The molecule has 1 aliphatic heterocycles. The van der Waals surface area contributed by atoms with Crippen LogP contribution in [0, 0.1) is 11.6 Å². The highest BCUT2D eigenvalue weighted by atomic mass is 19.1. The number of pyridine rings is 1. The van der Waals surface area contributed by atoms with Gasteiger partial charge in [-0.2, -0.15) is 9.97 Å². The quantitative estimate of drug-likeness (QED) is 0.486. The van der Waals surface area contributed by atoms with Crippen molar-refractivity contribution in [3.05, 3.63) is 47.7 Å². The lowest BCUT2D eigenvalue weighted by molar-refractivity contribution is 0.381. The summed E-state index contributed by atoms with van der Waals surface area (Å²) < 4.78 is 35.7. The van der Waals surface area contributed by atoms with E-state index in [0.717, 1.165) is 25.9 Å². The maximum atomic E-state index is 15.9. The van der Waals surface area contributed by atoms with Gasteiger partial charge in [0.1, 0.15) is 28.6 Å². The molecule has 2 aromatic carbocycles. The predicted octanol–water partition coefficient (Wildman–Crippen LogP) is 5.00. The van der Waals surface area contributed by atoms with Gasteiger partial charge in [-0.15, -0.1) is 0 Å². The molecule has 0 bridgehead atoms. The number of phenols is 1. The second-order valence-corrected chi connectivity index (χ2v) is 7.88. The molecular formula is C24H22F2N4O2. The smallest absolute Gasteiger partial charge is 0.318 e. The minimum atomic E-state index is -0.665. The van der Waals surface area contributed by atoms with Crippen LogP contribution in [0.1, 0.15) is 25.3 Å². The van der Waals surface area contributed by atoms with Gasteiger partial charge in [-0.25, -0.2) is 8.78 Å². The highest BCUT2D eigenvalue weighted by molar-refractivity contribution is 6.01. The maximum absolute atomic E-state index is 15.9. The Morgan fingerprint density at radius 2 is 1.91 bits per heavy atom. The van der Waals surface area contributed by atoms with Crippen molar-refractivity contribution in [2.24, 2.45) is 0 Å². The molecule has 0 radical (unpaired) electrons. The van der Waals surface area contributed by atoms with Gasteiger partial charge in [-0.3, -0.25) is 4.98 Å². The number of aromatic nitrogens is 3. The molecule has 1 saturated heterocycles. The second-order valence-electron chi connectivity index (χ2n) is 7.88. The highest BCUT2D eigenvalue weighted by Gasteiger charge is 2.24. The number of hydrogen-bond acceptors (Lipinski definition) is 6. The zero-order valence-electron chi connectivity index (χ0n) is 17.8. The number of aryl methyl sites for hydroxylation is 1. The Morgan fingerprint density at radius 1 is 1.12 bits per heavy atom. The fraction of sp³-hybridized carbons (Fsp3) is 0.292. The van der Waals surface area contributed by atoms with Crippen molar-refractivity contribution in [3.63, 3.8) is 0 Å². The molecule has 1 fully saturated rings. The van der Waals surface area contributed by atoms with Gasteiger partial charge >= 0.3 is 6.01 Å². The Kier molecular flexibility index (Phi) is 5.00. The van der Waals surface area contributed by atoms with Crippen LogP contribution in [0.4, 0.5) is 14.6 Å². The standard InChI is InChI=1S/C24H22F2N4O2/c1-3-15-18(25)7-6-13-10-14(31)11-16(19(13)15)21-20(26)22-17(12-27-21)23(29-24(28-22)32-2)30-8-4-5-9-30/h6-7,10-12,31H,3-5,8-9H2,1-2H3. The Morgan fingerprint density at radius 3 is 2.62 bits per heavy atom.